The van der Waals surface area contributed by atoms with Crippen LogP contribution in [0.5, 0.6) is 0 Å². The first-order valence-corrected chi connectivity index (χ1v) is 6.16. The van der Waals surface area contributed by atoms with Crippen molar-refractivity contribution in [3.63, 3.8) is 0 Å². The van der Waals surface area contributed by atoms with Gasteiger partial charge in [0.1, 0.15) is 11.7 Å². The molecule has 0 saturated carbocycles. The van der Waals surface area contributed by atoms with Gasteiger partial charge in [0.05, 0.1) is 19.6 Å². The Labute approximate surface area is 109 Å². The summed E-state index contributed by atoms with van der Waals surface area (Å²) < 4.78 is 10.4. The van der Waals surface area contributed by atoms with Crippen LogP contribution in [-0.4, -0.2) is 34.1 Å². The van der Waals surface area contributed by atoms with E-state index in [2.05, 4.69) is 15.1 Å². The Bertz CT molecular complexity index is 568. The summed E-state index contributed by atoms with van der Waals surface area (Å²) in [7, 11) is 0. The van der Waals surface area contributed by atoms with E-state index in [0.29, 0.717) is 37.8 Å². The summed E-state index contributed by atoms with van der Waals surface area (Å²) in [6.07, 6.45) is 2.61. The second-order valence-corrected chi connectivity index (χ2v) is 4.39. The molecule has 0 spiro atoms. The van der Waals surface area contributed by atoms with Gasteiger partial charge in [-0.25, -0.2) is 0 Å². The van der Waals surface area contributed by atoms with Crippen LogP contribution in [-0.2, 0) is 16.0 Å². The molecule has 1 unspecified atom stereocenters. The lowest BCUT2D eigenvalue weighted by molar-refractivity contribution is -0.127. The quantitative estimate of drug-likeness (QED) is 0.822. The number of ether oxygens (including phenoxy) is 1. The highest BCUT2D eigenvalue weighted by molar-refractivity contribution is 5.85. The number of carbonyl (C=O) groups excluding carboxylic acids is 1. The maximum Gasteiger partial charge on any atom is 0.239 e. The Morgan fingerprint density at radius 2 is 2.32 bits per heavy atom. The maximum atomic E-state index is 11.7. The lowest BCUT2D eigenvalue weighted by Crippen LogP contribution is -2.25. The smallest absolute Gasteiger partial charge is 0.239 e. The highest BCUT2D eigenvalue weighted by Crippen LogP contribution is 2.21. The van der Waals surface area contributed by atoms with Gasteiger partial charge in [-0.05, 0) is 12.1 Å². The average Bonchev–Trinajstić information content (AvgIpc) is 2.89. The van der Waals surface area contributed by atoms with E-state index >= 15 is 0 Å². The summed E-state index contributed by atoms with van der Waals surface area (Å²) in [5.41, 5.74) is 0.862. The lowest BCUT2D eigenvalue weighted by Gasteiger charge is -2.16. The molecule has 1 atom stereocenters. The first-order valence-electron chi connectivity index (χ1n) is 6.16. The lowest BCUT2D eigenvalue weighted by atomic mass is 10.0. The van der Waals surface area contributed by atoms with Gasteiger partial charge in [0.2, 0.25) is 5.89 Å². The van der Waals surface area contributed by atoms with Crippen molar-refractivity contribution in [3.8, 4) is 0 Å². The van der Waals surface area contributed by atoms with Crippen molar-refractivity contribution in [2.24, 2.45) is 0 Å². The highest BCUT2D eigenvalue weighted by atomic mass is 16.5. The van der Waals surface area contributed by atoms with E-state index in [1.54, 1.807) is 6.20 Å². The van der Waals surface area contributed by atoms with Crippen LogP contribution in [0.15, 0.2) is 28.9 Å². The highest BCUT2D eigenvalue weighted by Gasteiger charge is 2.29. The normalized spacial score (nSPS) is 19.6. The molecule has 1 saturated heterocycles. The van der Waals surface area contributed by atoms with Gasteiger partial charge in [-0.2, -0.15) is 4.98 Å². The van der Waals surface area contributed by atoms with Crippen LogP contribution in [0.2, 0.25) is 0 Å². The monoisotopic (exact) mass is 259 g/mol. The zero-order valence-corrected chi connectivity index (χ0v) is 10.3. The topological polar surface area (TPSA) is 78.1 Å². The Morgan fingerprint density at radius 1 is 1.37 bits per heavy atom. The van der Waals surface area contributed by atoms with E-state index in [0.717, 1.165) is 5.69 Å². The molecule has 6 nitrogen and oxygen atoms in total. The molecule has 0 bridgehead atoms. The number of ketones is 1. The summed E-state index contributed by atoms with van der Waals surface area (Å²) in [4.78, 5) is 20.2. The Kier molecular flexibility index (Phi) is 3.33. The number of hydrogen-bond donors (Lipinski definition) is 0. The van der Waals surface area contributed by atoms with Crippen LogP contribution in [0.25, 0.3) is 0 Å². The van der Waals surface area contributed by atoms with Crippen molar-refractivity contribution in [1.29, 1.82) is 0 Å². The van der Waals surface area contributed by atoms with Crippen LogP contribution >= 0.6 is 0 Å². The molecule has 3 heterocycles. The van der Waals surface area contributed by atoms with Gasteiger partial charge in [0.25, 0.3) is 0 Å². The van der Waals surface area contributed by atoms with Crippen LogP contribution in [0.3, 0.4) is 0 Å². The molecule has 2 aromatic heterocycles. The average molecular weight is 259 g/mol. The number of pyridine rings is 1. The number of hydrogen-bond acceptors (Lipinski definition) is 6. The largest absolute Gasteiger partial charge is 0.380 e. The second-order valence-electron chi connectivity index (χ2n) is 4.39. The molecule has 1 aliphatic rings. The molecule has 98 valence electrons. The number of nitrogens with zero attached hydrogens (tertiary/aromatic N) is 3. The van der Waals surface area contributed by atoms with Crippen molar-refractivity contribution in [3.05, 3.63) is 41.8 Å². The van der Waals surface area contributed by atoms with Crippen LogP contribution in [0.1, 0.15) is 29.7 Å². The van der Waals surface area contributed by atoms with Gasteiger partial charge < -0.3 is 9.26 Å². The Hall–Kier alpha value is -2.08. The molecular formula is C13H13N3O3. The predicted octanol–water partition coefficient (Wildman–Crippen LogP) is 1.13. The van der Waals surface area contributed by atoms with Crippen LogP contribution < -0.4 is 0 Å². The van der Waals surface area contributed by atoms with Gasteiger partial charge in [-0.1, -0.05) is 11.2 Å². The first-order chi connectivity index (χ1) is 9.33. The first kappa shape index (κ1) is 12.0. The molecule has 3 rings (SSSR count). The third kappa shape index (κ3) is 2.68. The van der Waals surface area contributed by atoms with Crippen molar-refractivity contribution in [2.45, 2.75) is 18.8 Å². The molecule has 0 N–H and O–H groups in total. The molecule has 6 heteroatoms. The minimum Gasteiger partial charge on any atom is -0.380 e. The standard InChI is InChI=1S/C13H13N3O3/c17-11-4-6-18-8-10(11)13-15-12(16-19-13)7-9-3-1-2-5-14-9/h1-3,5,10H,4,6-8H2. The Balaban J connectivity index is 1.74. The van der Waals surface area contributed by atoms with E-state index in [1.807, 2.05) is 18.2 Å². The number of rotatable bonds is 3. The summed E-state index contributed by atoms with van der Waals surface area (Å²) in [5, 5.41) is 3.89. The number of aromatic nitrogens is 3. The van der Waals surface area contributed by atoms with Crippen molar-refractivity contribution in [1.82, 2.24) is 15.1 Å². The molecule has 1 aliphatic heterocycles. The molecule has 0 aromatic carbocycles. The molecule has 0 amide bonds. The molecule has 19 heavy (non-hydrogen) atoms. The minimum atomic E-state index is -0.418. The van der Waals surface area contributed by atoms with Gasteiger partial charge >= 0.3 is 0 Å². The zero-order chi connectivity index (χ0) is 13.1. The SMILES string of the molecule is O=C1CCOCC1c1nc(Cc2ccccn2)no1. The summed E-state index contributed by atoms with van der Waals surface area (Å²) in [6, 6.07) is 5.65. The molecule has 0 radical (unpaired) electrons. The van der Waals surface area contributed by atoms with E-state index in [4.69, 9.17) is 9.26 Å². The Morgan fingerprint density at radius 3 is 3.11 bits per heavy atom. The molecular weight excluding hydrogens is 246 g/mol. The fourth-order valence-electron chi connectivity index (χ4n) is 2.00. The van der Waals surface area contributed by atoms with Gasteiger partial charge in [0.15, 0.2) is 5.82 Å². The maximum absolute atomic E-state index is 11.7. The fraction of sp³-hybridized carbons (Fsp3) is 0.385. The van der Waals surface area contributed by atoms with E-state index in [-0.39, 0.29) is 5.78 Å². The predicted molar refractivity (Wildman–Crippen MR) is 64.5 cm³/mol. The van der Waals surface area contributed by atoms with Gasteiger partial charge in [-0.15, -0.1) is 0 Å². The number of carbonyl (C=O) groups is 1. The van der Waals surface area contributed by atoms with Crippen molar-refractivity contribution < 1.29 is 14.1 Å². The van der Waals surface area contributed by atoms with Crippen LogP contribution in [0, 0.1) is 0 Å². The third-order valence-electron chi connectivity index (χ3n) is 3.01. The fourth-order valence-corrected chi connectivity index (χ4v) is 2.00. The molecule has 0 aliphatic carbocycles. The molecule has 2 aromatic rings. The number of Topliss-reactive ketones (excluding diaryl/α,β-unsaturated/α-hetero) is 1. The van der Waals surface area contributed by atoms with Gasteiger partial charge in [0, 0.05) is 18.3 Å². The molecule has 1 fully saturated rings. The third-order valence-corrected chi connectivity index (χ3v) is 3.01. The summed E-state index contributed by atoms with van der Waals surface area (Å²) in [6.45, 7) is 0.800. The van der Waals surface area contributed by atoms with Crippen molar-refractivity contribution >= 4 is 5.78 Å². The van der Waals surface area contributed by atoms with E-state index in [9.17, 15) is 4.79 Å². The van der Waals surface area contributed by atoms with E-state index < -0.39 is 5.92 Å². The van der Waals surface area contributed by atoms with Crippen molar-refractivity contribution in [2.75, 3.05) is 13.2 Å². The van der Waals surface area contributed by atoms with E-state index in [1.165, 1.54) is 0 Å². The van der Waals surface area contributed by atoms with Crippen LogP contribution in [0.4, 0.5) is 0 Å². The minimum absolute atomic E-state index is 0.0966. The zero-order valence-electron chi connectivity index (χ0n) is 10.3. The summed E-state index contributed by atoms with van der Waals surface area (Å²) >= 11 is 0. The second kappa shape index (κ2) is 5.27. The summed E-state index contributed by atoms with van der Waals surface area (Å²) in [5.74, 6) is 0.556. The van der Waals surface area contributed by atoms with Gasteiger partial charge in [-0.3, -0.25) is 9.78 Å².